The Morgan fingerprint density at radius 2 is 2.08 bits per heavy atom. The third kappa shape index (κ3) is 3.49. The second-order valence-corrected chi connectivity index (χ2v) is 8.34. The van der Waals surface area contributed by atoms with E-state index >= 15 is 0 Å². The molecule has 4 unspecified atom stereocenters. The molecule has 1 aromatic rings. The van der Waals surface area contributed by atoms with Crippen LogP contribution in [0.5, 0.6) is 0 Å². The number of nitrogens with zero attached hydrogens (tertiary/aromatic N) is 1. The van der Waals surface area contributed by atoms with Crippen molar-refractivity contribution < 1.29 is 4.74 Å². The molecule has 4 atom stereocenters. The predicted molar refractivity (Wildman–Crippen MR) is 117 cm³/mol. The van der Waals surface area contributed by atoms with Crippen LogP contribution in [0.15, 0.2) is 29.3 Å². The smallest absolute Gasteiger partial charge is 0.191 e. The first-order valence-electron chi connectivity index (χ1n) is 9.85. The maximum Gasteiger partial charge on any atom is 0.191 e. The Bertz CT molecular complexity index is 660. The van der Waals surface area contributed by atoms with Crippen molar-refractivity contribution in [3.63, 3.8) is 0 Å². The molecule has 0 amide bonds. The van der Waals surface area contributed by atoms with Crippen LogP contribution in [0.3, 0.4) is 0 Å². The quantitative estimate of drug-likeness (QED) is 0.402. The lowest BCUT2D eigenvalue weighted by molar-refractivity contribution is -0.106. The number of ether oxygens (including phenoxy) is 1. The Hall–Kier alpha value is -0.820. The Kier molecular flexibility index (Phi) is 6.17. The standard InChI is InChI=1S/C21H31N3O.HI/c1-4-22-20(24-18-17-11-12-25-19(17)21(18,2)3)23-13-15-10-9-14-7-5-6-8-16(14)15;/h5-8,15,17-19H,4,9-13H2,1-3H3,(H2,22,23,24);1H. The van der Waals surface area contributed by atoms with E-state index in [-0.39, 0.29) is 29.4 Å². The Balaban J connectivity index is 0.00000196. The molecular formula is C21H32IN3O. The first-order chi connectivity index (χ1) is 12.1. The number of halogens is 1. The van der Waals surface area contributed by atoms with Gasteiger partial charge in [0, 0.05) is 43.0 Å². The van der Waals surface area contributed by atoms with E-state index in [4.69, 9.17) is 9.73 Å². The van der Waals surface area contributed by atoms with Gasteiger partial charge in [0.1, 0.15) is 0 Å². The molecule has 2 aliphatic carbocycles. The number of aryl methyl sites for hydroxylation is 1. The van der Waals surface area contributed by atoms with Gasteiger partial charge in [0.15, 0.2) is 5.96 Å². The molecule has 2 fully saturated rings. The van der Waals surface area contributed by atoms with Crippen LogP contribution in [-0.4, -0.2) is 37.8 Å². The third-order valence-corrected chi connectivity index (χ3v) is 6.46. The highest BCUT2D eigenvalue weighted by Crippen LogP contribution is 2.52. The van der Waals surface area contributed by atoms with Crippen LogP contribution < -0.4 is 10.6 Å². The zero-order chi connectivity index (χ0) is 17.4. The summed E-state index contributed by atoms with van der Waals surface area (Å²) in [5.74, 6) is 2.16. The second-order valence-electron chi connectivity index (χ2n) is 8.34. The van der Waals surface area contributed by atoms with Crippen molar-refractivity contribution in [2.24, 2.45) is 16.3 Å². The molecule has 4 nitrogen and oxygen atoms in total. The van der Waals surface area contributed by atoms with Crippen LogP contribution >= 0.6 is 24.0 Å². The maximum atomic E-state index is 5.92. The van der Waals surface area contributed by atoms with Crippen molar-refractivity contribution >= 4 is 29.9 Å². The van der Waals surface area contributed by atoms with Gasteiger partial charge in [-0.3, -0.25) is 4.99 Å². The van der Waals surface area contributed by atoms with Crippen molar-refractivity contribution in [1.29, 1.82) is 0 Å². The molecule has 1 aromatic carbocycles. The molecule has 0 radical (unpaired) electrons. The van der Waals surface area contributed by atoms with Crippen LogP contribution in [0.25, 0.3) is 0 Å². The van der Waals surface area contributed by atoms with Crippen LogP contribution in [0.1, 0.15) is 50.7 Å². The summed E-state index contributed by atoms with van der Waals surface area (Å²) >= 11 is 0. The number of hydrogen-bond donors (Lipinski definition) is 2. The summed E-state index contributed by atoms with van der Waals surface area (Å²) in [6, 6.07) is 9.29. The molecule has 1 heterocycles. The lowest BCUT2D eigenvalue weighted by Crippen LogP contribution is -2.68. The minimum absolute atomic E-state index is 0. The fourth-order valence-corrected chi connectivity index (χ4v) is 5.12. The first-order valence-corrected chi connectivity index (χ1v) is 9.85. The van der Waals surface area contributed by atoms with Gasteiger partial charge in [-0.15, -0.1) is 24.0 Å². The Morgan fingerprint density at radius 1 is 1.27 bits per heavy atom. The number of nitrogens with one attached hydrogen (secondary N) is 2. The predicted octanol–water partition coefficient (Wildman–Crippen LogP) is 3.70. The van der Waals surface area contributed by atoms with Crippen molar-refractivity contribution in [1.82, 2.24) is 10.6 Å². The third-order valence-electron chi connectivity index (χ3n) is 6.46. The summed E-state index contributed by atoms with van der Waals surface area (Å²) in [4.78, 5) is 4.95. The summed E-state index contributed by atoms with van der Waals surface area (Å²) in [6.07, 6.45) is 3.99. The molecule has 4 rings (SSSR count). The molecule has 26 heavy (non-hydrogen) atoms. The number of aliphatic imine (C=N–C) groups is 1. The van der Waals surface area contributed by atoms with Crippen LogP contribution in [0.2, 0.25) is 0 Å². The highest BCUT2D eigenvalue weighted by molar-refractivity contribution is 14.0. The van der Waals surface area contributed by atoms with E-state index < -0.39 is 0 Å². The van der Waals surface area contributed by atoms with Crippen molar-refractivity contribution in [3.8, 4) is 0 Å². The van der Waals surface area contributed by atoms with Crippen LogP contribution in [-0.2, 0) is 11.2 Å². The Labute approximate surface area is 174 Å². The lowest BCUT2D eigenvalue weighted by atomic mass is 9.57. The molecule has 0 aromatic heterocycles. The summed E-state index contributed by atoms with van der Waals surface area (Å²) in [5, 5.41) is 7.17. The number of hydrogen-bond acceptors (Lipinski definition) is 2. The van der Waals surface area contributed by atoms with Gasteiger partial charge in [-0.05, 0) is 37.3 Å². The first kappa shape index (κ1) is 19.9. The number of rotatable bonds is 4. The number of guanidine groups is 1. The van der Waals surface area contributed by atoms with E-state index in [0.29, 0.717) is 24.0 Å². The van der Waals surface area contributed by atoms with Gasteiger partial charge >= 0.3 is 0 Å². The Morgan fingerprint density at radius 3 is 2.88 bits per heavy atom. The molecule has 1 aliphatic heterocycles. The van der Waals surface area contributed by atoms with Gasteiger partial charge in [0.2, 0.25) is 0 Å². The normalized spacial score (nSPS) is 31.4. The summed E-state index contributed by atoms with van der Waals surface area (Å²) < 4.78 is 5.92. The van der Waals surface area contributed by atoms with Crippen LogP contribution in [0, 0.1) is 11.3 Å². The van der Waals surface area contributed by atoms with Gasteiger partial charge in [0.05, 0.1) is 6.10 Å². The highest BCUT2D eigenvalue weighted by atomic mass is 127. The molecule has 3 aliphatic rings. The second kappa shape index (κ2) is 8.05. The monoisotopic (exact) mass is 469 g/mol. The SMILES string of the molecule is CCNC(=NCC1CCc2ccccc21)NC1C2CCOC2C1(C)C.I. The molecular weight excluding hydrogens is 437 g/mol. The number of fused-ring (bicyclic) bond motifs is 2. The molecule has 0 bridgehead atoms. The largest absolute Gasteiger partial charge is 0.377 e. The zero-order valence-corrected chi connectivity index (χ0v) is 18.5. The molecule has 1 saturated carbocycles. The van der Waals surface area contributed by atoms with Gasteiger partial charge < -0.3 is 15.4 Å². The number of benzene rings is 1. The maximum absolute atomic E-state index is 5.92. The average molecular weight is 469 g/mol. The van der Waals surface area contributed by atoms with E-state index in [1.807, 2.05) is 0 Å². The van der Waals surface area contributed by atoms with Crippen molar-refractivity contribution in [2.45, 2.75) is 58.1 Å². The van der Waals surface area contributed by atoms with Gasteiger partial charge in [-0.1, -0.05) is 38.1 Å². The highest BCUT2D eigenvalue weighted by Gasteiger charge is 2.59. The van der Waals surface area contributed by atoms with E-state index in [1.54, 1.807) is 0 Å². The van der Waals surface area contributed by atoms with E-state index in [0.717, 1.165) is 25.7 Å². The van der Waals surface area contributed by atoms with E-state index in [1.165, 1.54) is 30.4 Å². The molecule has 1 saturated heterocycles. The minimum Gasteiger partial charge on any atom is -0.377 e. The molecule has 144 valence electrons. The van der Waals surface area contributed by atoms with E-state index in [2.05, 4.69) is 55.7 Å². The molecule has 0 spiro atoms. The average Bonchev–Trinajstić information content (AvgIpc) is 3.23. The van der Waals surface area contributed by atoms with Gasteiger partial charge in [0.25, 0.3) is 0 Å². The summed E-state index contributed by atoms with van der Waals surface area (Å²) in [7, 11) is 0. The summed E-state index contributed by atoms with van der Waals surface area (Å²) in [6.45, 7) is 9.43. The molecule has 2 N–H and O–H groups in total. The zero-order valence-electron chi connectivity index (χ0n) is 16.1. The lowest BCUT2D eigenvalue weighted by Gasteiger charge is -2.54. The van der Waals surface area contributed by atoms with Crippen molar-refractivity contribution in [3.05, 3.63) is 35.4 Å². The molecule has 5 heteroatoms. The van der Waals surface area contributed by atoms with Gasteiger partial charge in [-0.2, -0.15) is 0 Å². The topological polar surface area (TPSA) is 45.7 Å². The minimum atomic E-state index is 0. The summed E-state index contributed by atoms with van der Waals surface area (Å²) in [5.41, 5.74) is 3.18. The van der Waals surface area contributed by atoms with Gasteiger partial charge in [-0.25, -0.2) is 0 Å². The fraction of sp³-hybridized carbons (Fsp3) is 0.667. The van der Waals surface area contributed by atoms with Crippen LogP contribution in [0.4, 0.5) is 0 Å². The fourth-order valence-electron chi connectivity index (χ4n) is 5.12. The van der Waals surface area contributed by atoms with Crippen molar-refractivity contribution in [2.75, 3.05) is 19.7 Å². The van der Waals surface area contributed by atoms with E-state index in [9.17, 15) is 0 Å².